The molecule has 4 N–H and O–H groups in total. The summed E-state index contributed by atoms with van der Waals surface area (Å²) < 4.78 is 31.7. The number of pyridine rings is 1. The maximum atomic E-state index is 12.9. The van der Waals surface area contributed by atoms with Crippen LogP contribution in [0, 0.1) is 17.8 Å². The average molecular weight is 644 g/mol. The highest BCUT2D eigenvalue weighted by molar-refractivity contribution is 7.91. The molecule has 1 saturated carbocycles. The summed E-state index contributed by atoms with van der Waals surface area (Å²) >= 11 is 0. The molecule has 0 radical (unpaired) electrons. The van der Waals surface area contributed by atoms with Gasteiger partial charge in [-0.15, -0.1) is 0 Å². The summed E-state index contributed by atoms with van der Waals surface area (Å²) in [6, 6.07) is 19.2. The molecule has 244 valence electrons. The van der Waals surface area contributed by atoms with E-state index in [0.29, 0.717) is 16.7 Å². The number of fused-ring (bicyclic) bond motifs is 1. The van der Waals surface area contributed by atoms with Crippen LogP contribution in [0.1, 0.15) is 49.7 Å². The number of hydrogen-bond donors (Lipinski definition) is 2. The van der Waals surface area contributed by atoms with Gasteiger partial charge in [-0.3, -0.25) is 4.98 Å². The number of nitrogens with zero attached hydrogens (tertiary/aromatic N) is 3. The van der Waals surface area contributed by atoms with Crippen molar-refractivity contribution in [2.24, 2.45) is 29.2 Å². The van der Waals surface area contributed by atoms with Gasteiger partial charge in [0.2, 0.25) is 9.84 Å². The van der Waals surface area contributed by atoms with Crippen LogP contribution in [0.25, 0.3) is 0 Å². The largest absolute Gasteiger partial charge is 0.446 e. The normalized spacial score (nSPS) is 27.6. The van der Waals surface area contributed by atoms with Gasteiger partial charge >= 0.3 is 6.09 Å². The second kappa shape index (κ2) is 12.6. The second-order valence-corrected chi connectivity index (χ2v) is 15.9. The molecule has 2 unspecified atom stereocenters. The molecule has 2 aliphatic carbocycles. The van der Waals surface area contributed by atoms with Crippen LogP contribution < -0.4 is 16.4 Å². The Morgan fingerprint density at radius 1 is 0.935 bits per heavy atom. The molecule has 4 atom stereocenters. The molecule has 9 nitrogen and oxygen atoms in total. The third-order valence-corrected chi connectivity index (χ3v) is 13.0. The number of carbonyl (C=O) groups excluding carboxylic acids is 1. The smallest absolute Gasteiger partial charge is 0.404 e. The molecule has 3 aromatic rings. The molecule has 4 aliphatic rings. The Morgan fingerprint density at radius 2 is 1.63 bits per heavy atom. The number of anilines is 1. The van der Waals surface area contributed by atoms with Crippen molar-refractivity contribution in [2.45, 2.75) is 72.3 Å². The highest BCUT2D eigenvalue weighted by atomic mass is 32.2. The number of aromatic nitrogens is 1. The molecule has 2 saturated heterocycles. The molecule has 1 aromatic heterocycles. The predicted molar refractivity (Wildman–Crippen MR) is 177 cm³/mol. The Bertz CT molecular complexity index is 1640. The minimum atomic E-state index is -3.55. The van der Waals surface area contributed by atoms with Crippen LogP contribution in [0.15, 0.2) is 82.8 Å². The molecule has 10 heteroatoms. The van der Waals surface area contributed by atoms with E-state index in [1.165, 1.54) is 35.7 Å². The van der Waals surface area contributed by atoms with E-state index < -0.39 is 15.9 Å². The zero-order chi connectivity index (χ0) is 31.9. The first kappa shape index (κ1) is 31.1. The third kappa shape index (κ3) is 5.80. The molecule has 0 bridgehead atoms. The second-order valence-electron chi connectivity index (χ2n) is 13.9. The van der Waals surface area contributed by atoms with Crippen LogP contribution in [-0.4, -0.2) is 69.3 Å². The summed E-state index contributed by atoms with van der Waals surface area (Å²) in [5.74, 6) is 1.28. The van der Waals surface area contributed by atoms with Gasteiger partial charge in [0.1, 0.15) is 6.10 Å². The number of primary amides is 1. The maximum Gasteiger partial charge on any atom is 0.404 e. The summed E-state index contributed by atoms with van der Waals surface area (Å²) in [5.41, 5.74) is 16.1. The van der Waals surface area contributed by atoms with Gasteiger partial charge in [0.15, 0.2) is 0 Å². The summed E-state index contributed by atoms with van der Waals surface area (Å²) in [5, 5.41) is 0. The lowest BCUT2D eigenvalue weighted by atomic mass is 9.53. The lowest BCUT2D eigenvalue weighted by Crippen LogP contribution is -2.56. The Labute approximate surface area is 272 Å². The number of piperidine rings is 1. The van der Waals surface area contributed by atoms with Crippen molar-refractivity contribution >= 4 is 21.6 Å². The van der Waals surface area contributed by atoms with Crippen molar-refractivity contribution in [1.29, 1.82) is 0 Å². The minimum absolute atomic E-state index is 0.0912. The SMILES string of the molecule is NC(=O)O[C@H]1CCC[C@@H]1C1(C2CCN(CC3CN(c4ccc(S(=O)(=O)c5ccncc5)cc4)C3)CC2)CC(N)Cc2ccccc21. The van der Waals surface area contributed by atoms with Crippen molar-refractivity contribution in [3.8, 4) is 0 Å². The summed E-state index contributed by atoms with van der Waals surface area (Å²) in [6.07, 6.45) is 9.15. The van der Waals surface area contributed by atoms with Crippen LogP contribution >= 0.6 is 0 Å². The Balaban J connectivity index is 0.994. The Hall–Kier alpha value is -3.47. The van der Waals surface area contributed by atoms with E-state index in [4.69, 9.17) is 16.2 Å². The fourth-order valence-electron chi connectivity index (χ4n) is 9.28. The molecule has 3 fully saturated rings. The van der Waals surface area contributed by atoms with E-state index in [9.17, 15) is 13.2 Å². The number of carbonyl (C=O) groups is 1. The van der Waals surface area contributed by atoms with Crippen molar-refractivity contribution in [3.63, 3.8) is 0 Å². The number of nitrogens with two attached hydrogens (primary N) is 2. The third-order valence-electron chi connectivity index (χ3n) is 11.2. The van der Waals surface area contributed by atoms with Gasteiger partial charge in [-0.2, -0.15) is 0 Å². The molecule has 46 heavy (non-hydrogen) atoms. The van der Waals surface area contributed by atoms with E-state index in [-0.39, 0.29) is 28.4 Å². The fraction of sp³-hybridized carbons (Fsp3) is 0.500. The number of benzene rings is 2. The van der Waals surface area contributed by atoms with Crippen LogP contribution in [0.5, 0.6) is 0 Å². The number of ether oxygens (including phenoxy) is 1. The molecule has 3 heterocycles. The average Bonchev–Trinajstić information content (AvgIpc) is 3.51. The van der Waals surface area contributed by atoms with Crippen LogP contribution in [-0.2, 0) is 26.4 Å². The Morgan fingerprint density at radius 3 is 2.35 bits per heavy atom. The molecule has 2 aliphatic heterocycles. The van der Waals surface area contributed by atoms with Crippen LogP contribution in [0.3, 0.4) is 0 Å². The number of hydrogen-bond acceptors (Lipinski definition) is 8. The lowest BCUT2D eigenvalue weighted by Gasteiger charge is -2.54. The van der Waals surface area contributed by atoms with E-state index in [2.05, 4.69) is 39.0 Å². The van der Waals surface area contributed by atoms with Crippen LogP contribution in [0.2, 0.25) is 0 Å². The topological polar surface area (TPSA) is 132 Å². The highest BCUT2D eigenvalue weighted by Gasteiger charge is 2.55. The van der Waals surface area contributed by atoms with Crippen molar-refractivity contribution < 1.29 is 17.9 Å². The minimum Gasteiger partial charge on any atom is -0.446 e. The summed E-state index contributed by atoms with van der Waals surface area (Å²) in [7, 11) is -3.55. The summed E-state index contributed by atoms with van der Waals surface area (Å²) in [4.78, 5) is 21.3. The number of sulfone groups is 1. The fourth-order valence-corrected chi connectivity index (χ4v) is 10.5. The van der Waals surface area contributed by atoms with Gasteiger partial charge in [-0.1, -0.05) is 24.3 Å². The standard InChI is InChI=1S/C36H45N5O4S/c37-28-20-26-4-1-2-5-32(26)36(21-28,33-6-3-7-34(33)45-35(38)42)27-14-18-40(19-15-27)22-25-23-41(24-25)29-8-10-30(11-9-29)46(43,44)31-12-16-39-17-13-31/h1-2,4-5,8-13,16-17,25,27-28,33-34H,3,6-7,14-15,18-24,37H2,(H2,38,42)/t28?,33-,34-,36?/m0/s1. The molecule has 2 aromatic carbocycles. The first-order chi connectivity index (χ1) is 22.2. The van der Waals surface area contributed by atoms with Crippen LogP contribution in [0.4, 0.5) is 10.5 Å². The number of likely N-dealkylation sites (tertiary alicyclic amines) is 1. The van der Waals surface area contributed by atoms with E-state index in [0.717, 1.165) is 83.4 Å². The van der Waals surface area contributed by atoms with Gasteiger partial charge in [0.25, 0.3) is 0 Å². The van der Waals surface area contributed by atoms with Gasteiger partial charge in [-0.25, -0.2) is 13.2 Å². The van der Waals surface area contributed by atoms with Gasteiger partial charge in [-0.05, 0) is 111 Å². The van der Waals surface area contributed by atoms with Gasteiger partial charge in [0, 0.05) is 61.0 Å². The molecule has 1 amide bonds. The molecule has 7 rings (SSSR count). The number of amides is 1. The van der Waals surface area contributed by atoms with Crippen molar-refractivity contribution in [2.75, 3.05) is 37.6 Å². The highest BCUT2D eigenvalue weighted by Crippen LogP contribution is 2.56. The van der Waals surface area contributed by atoms with E-state index in [1.54, 1.807) is 12.1 Å². The molecular weight excluding hydrogens is 598 g/mol. The zero-order valence-corrected chi connectivity index (χ0v) is 27.2. The first-order valence-corrected chi connectivity index (χ1v) is 18.2. The van der Waals surface area contributed by atoms with Crippen molar-refractivity contribution in [3.05, 3.63) is 84.2 Å². The molecule has 0 spiro atoms. The quantitative estimate of drug-likeness (QED) is 0.366. The van der Waals surface area contributed by atoms with Gasteiger partial charge in [0.05, 0.1) is 9.79 Å². The van der Waals surface area contributed by atoms with E-state index >= 15 is 0 Å². The lowest BCUT2D eigenvalue weighted by molar-refractivity contribution is 0.00190. The van der Waals surface area contributed by atoms with Crippen molar-refractivity contribution in [1.82, 2.24) is 9.88 Å². The number of rotatable bonds is 8. The summed E-state index contributed by atoms with van der Waals surface area (Å²) in [6.45, 7) is 5.11. The molecular formula is C36H45N5O4S. The predicted octanol–water partition coefficient (Wildman–Crippen LogP) is 4.54. The monoisotopic (exact) mass is 643 g/mol. The van der Waals surface area contributed by atoms with Gasteiger partial charge < -0.3 is 26.0 Å². The first-order valence-electron chi connectivity index (χ1n) is 16.8. The maximum absolute atomic E-state index is 12.9. The Kier molecular flexibility index (Phi) is 8.54. The van der Waals surface area contributed by atoms with E-state index in [1.807, 2.05) is 12.1 Å². The zero-order valence-electron chi connectivity index (χ0n) is 26.3.